The van der Waals surface area contributed by atoms with Crippen LogP contribution in [0.2, 0.25) is 0 Å². The number of nitrogens with one attached hydrogen (secondary N) is 1. The number of anilines is 1. The van der Waals surface area contributed by atoms with Crippen LogP contribution in [0, 0.1) is 6.92 Å². The first-order chi connectivity index (χ1) is 6.42. The summed E-state index contributed by atoms with van der Waals surface area (Å²) >= 11 is 0. The van der Waals surface area contributed by atoms with Gasteiger partial charge in [0.05, 0.1) is 0 Å². The normalized spacial score (nSPS) is 11.1. The number of carboxylic acid groups (broad SMARTS) is 1. The van der Waals surface area contributed by atoms with Crippen LogP contribution in [0.25, 0.3) is 0 Å². The second-order valence-electron chi connectivity index (χ2n) is 3.54. The van der Waals surface area contributed by atoms with E-state index in [1.54, 1.807) is 33.0 Å². The summed E-state index contributed by atoms with van der Waals surface area (Å²) in [5.41, 5.74) is -1.03. The maximum absolute atomic E-state index is 10.8. The molecule has 0 bridgehead atoms. The highest BCUT2D eigenvalue weighted by molar-refractivity contribution is 5.81. The van der Waals surface area contributed by atoms with Crippen molar-refractivity contribution in [3.63, 3.8) is 0 Å². The minimum Gasteiger partial charge on any atom is -0.480 e. The molecule has 0 atom stereocenters. The number of carboxylic acids is 1. The monoisotopic (exact) mass is 195 g/mol. The van der Waals surface area contributed by atoms with Crippen molar-refractivity contribution in [1.29, 1.82) is 0 Å². The molecule has 5 nitrogen and oxygen atoms in total. The highest BCUT2D eigenvalue weighted by Gasteiger charge is 2.26. The average molecular weight is 195 g/mol. The molecule has 1 aromatic heterocycles. The van der Waals surface area contributed by atoms with Crippen LogP contribution >= 0.6 is 0 Å². The van der Waals surface area contributed by atoms with Gasteiger partial charge in [-0.3, -0.25) is 0 Å². The Labute approximate surface area is 82.2 Å². The zero-order valence-electron chi connectivity index (χ0n) is 8.40. The van der Waals surface area contributed by atoms with E-state index in [1.807, 2.05) is 0 Å². The predicted molar refractivity (Wildman–Crippen MR) is 52.1 cm³/mol. The minimum atomic E-state index is -1.03. The van der Waals surface area contributed by atoms with Gasteiger partial charge in [-0.05, 0) is 26.8 Å². The molecular weight excluding hydrogens is 182 g/mol. The molecule has 1 heterocycles. The Hall–Kier alpha value is -1.65. The number of aromatic nitrogens is 2. The first-order valence-electron chi connectivity index (χ1n) is 4.23. The third kappa shape index (κ3) is 2.42. The van der Waals surface area contributed by atoms with Crippen LogP contribution in [0.15, 0.2) is 12.3 Å². The van der Waals surface area contributed by atoms with Gasteiger partial charge in [-0.25, -0.2) is 14.8 Å². The van der Waals surface area contributed by atoms with E-state index in [4.69, 9.17) is 5.11 Å². The predicted octanol–water partition coefficient (Wildman–Crippen LogP) is 1.06. The topological polar surface area (TPSA) is 75.1 Å². The van der Waals surface area contributed by atoms with Gasteiger partial charge < -0.3 is 10.4 Å². The van der Waals surface area contributed by atoms with Crippen LogP contribution in [0.4, 0.5) is 5.82 Å². The number of aliphatic carboxylic acids is 1. The minimum absolute atomic E-state index is 0.518. The maximum atomic E-state index is 10.8. The first-order valence-corrected chi connectivity index (χ1v) is 4.23. The van der Waals surface area contributed by atoms with Crippen molar-refractivity contribution in [2.75, 3.05) is 5.32 Å². The zero-order valence-corrected chi connectivity index (χ0v) is 8.40. The fraction of sp³-hybridized carbons (Fsp3) is 0.444. The van der Waals surface area contributed by atoms with Crippen LogP contribution < -0.4 is 5.32 Å². The van der Waals surface area contributed by atoms with Crippen molar-refractivity contribution >= 4 is 11.8 Å². The Balaban J connectivity index is 2.83. The quantitative estimate of drug-likeness (QED) is 0.754. The maximum Gasteiger partial charge on any atom is 0.328 e. The fourth-order valence-electron chi connectivity index (χ4n) is 0.899. The van der Waals surface area contributed by atoms with E-state index in [1.165, 1.54) is 0 Å². The van der Waals surface area contributed by atoms with E-state index >= 15 is 0 Å². The Morgan fingerprint density at radius 3 is 2.71 bits per heavy atom. The van der Waals surface area contributed by atoms with Crippen molar-refractivity contribution in [3.05, 3.63) is 18.1 Å². The third-order valence-corrected chi connectivity index (χ3v) is 1.75. The van der Waals surface area contributed by atoms with Crippen molar-refractivity contribution < 1.29 is 9.90 Å². The van der Waals surface area contributed by atoms with E-state index < -0.39 is 11.5 Å². The smallest absolute Gasteiger partial charge is 0.328 e. The second kappa shape index (κ2) is 3.61. The molecule has 0 saturated carbocycles. The summed E-state index contributed by atoms with van der Waals surface area (Å²) in [6, 6.07) is 1.64. The van der Waals surface area contributed by atoms with Crippen LogP contribution in [-0.2, 0) is 4.79 Å². The Morgan fingerprint density at radius 2 is 2.21 bits per heavy atom. The summed E-state index contributed by atoms with van der Waals surface area (Å²) in [5, 5.41) is 11.7. The highest BCUT2D eigenvalue weighted by atomic mass is 16.4. The molecule has 14 heavy (non-hydrogen) atoms. The standard InChI is InChI=1S/C9H13N3O2/c1-6-10-5-4-7(11-6)12-9(2,3)8(13)14/h4-5H,1-3H3,(H,13,14)(H,10,11,12). The van der Waals surface area contributed by atoms with Gasteiger partial charge in [0.25, 0.3) is 0 Å². The van der Waals surface area contributed by atoms with Gasteiger partial charge >= 0.3 is 5.97 Å². The van der Waals surface area contributed by atoms with Gasteiger partial charge in [0.1, 0.15) is 17.2 Å². The number of rotatable bonds is 3. The lowest BCUT2D eigenvalue weighted by Gasteiger charge is -2.21. The molecule has 0 radical (unpaired) electrons. The van der Waals surface area contributed by atoms with Gasteiger partial charge in [-0.15, -0.1) is 0 Å². The van der Waals surface area contributed by atoms with E-state index in [0.717, 1.165) is 0 Å². The molecule has 0 unspecified atom stereocenters. The third-order valence-electron chi connectivity index (χ3n) is 1.75. The van der Waals surface area contributed by atoms with Gasteiger partial charge in [0.2, 0.25) is 0 Å². The van der Waals surface area contributed by atoms with E-state index in [9.17, 15) is 4.79 Å². The molecule has 0 aliphatic rings. The lowest BCUT2D eigenvalue weighted by molar-refractivity contribution is -0.141. The molecule has 2 N–H and O–H groups in total. The lowest BCUT2D eigenvalue weighted by Crippen LogP contribution is -2.40. The van der Waals surface area contributed by atoms with Crippen molar-refractivity contribution in [2.45, 2.75) is 26.3 Å². The summed E-state index contributed by atoms with van der Waals surface area (Å²) in [7, 11) is 0. The van der Waals surface area contributed by atoms with E-state index in [0.29, 0.717) is 11.6 Å². The molecule has 0 fully saturated rings. The van der Waals surface area contributed by atoms with Gasteiger partial charge in [0.15, 0.2) is 0 Å². The second-order valence-corrected chi connectivity index (χ2v) is 3.54. The number of hydrogen-bond acceptors (Lipinski definition) is 4. The largest absolute Gasteiger partial charge is 0.480 e. The molecule has 0 amide bonds. The van der Waals surface area contributed by atoms with Gasteiger partial charge in [-0.1, -0.05) is 0 Å². The van der Waals surface area contributed by atoms with Crippen molar-refractivity contribution in [2.24, 2.45) is 0 Å². The molecular formula is C9H13N3O2. The number of nitrogens with zero attached hydrogens (tertiary/aromatic N) is 2. The van der Waals surface area contributed by atoms with Crippen molar-refractivity contribution in [3.8, 4) is 0 Å². The van der Waals surface area contributed by atoms with E-state index in [-0.39, 0.29) is 0 Å². The number of hydrogen-bond donors (Lipinski definition) is 2. The number of aryl methyl sites for hydroxylation is 1. The van der Waals surface area contributed by atoms with Crippen LogP contribution in [0.3, 0.4) is 0 Å². The molecule has 0 aliphatic heterocycles. The molecule has 0 saturated heterocycles. The highest BCUT2D eigenvalue weighted by Crippen LogP contribution is 2.12. The Kier molecular flexibility index (Phi) is 2.69. The molecule has 5 heteroatoms. The molecule has 0 spiro atoms. The fourth-order valence-corrected chi connectivity index (χ4v) is 0.899. The summed E-state index contributed by atoms with van der Waals surface area (Å²) < 4.78 is 0. The molecule has 76 valence electrons. The first kappa shape index (κ1) is 10.4. The van der Waals surface area contributed by atoms with E-state index in [2.05, 4.69) is 15.3 Å². The summed E-state index contributed by atoms with van der Waals surface area (Å²) in [5.74, 6) is 0.204. The lowest BCUT2D eigenvalue weighted by atomic mass is 10.1. The molecule has 1 aromatic rings. The van der Waals surface area contributed by atoms with Gasteiger partial charge in [-0.2, -0.15) is 0 Å². The Morgan fingerprint density at radius 1 is 1.57 bits per heavy atom. The summed E-state index contributed by atoms with van der Waals surface area (Å²) in [6.07, 6.45) is 1.59. The van der Waals surface area contributed by atoms with Crippen LogP contribution in [0.5, 0.6) is 0 Å². The Bertz CT molecular complexity index is 350. The summed E-state index contributed by atoms with van der Waals surface area (Å²) in [6.45, 7) is 4.90. The molecule has 1 rings (SSSR count). The van der Waals surface area contributed by atoms with Crippen molar-refractivity contribution in [1.82, 2.24) is 9.97 Å². The number of carbonyl (C=O) groups is 1. The zero-order chi connectivity index (χ0) is 10.8. The van der Waals surface area contributed by atoms with Crippen LogP contribution in [-0.4, -0.2) is 26.6 Å². The molecule has 0 aliphatic carbocycles. The average Bonchev–Trinajstić information content (AvgIpc) is 2.02. The summed E-state index contributed by atoms with van der Waals surface area (Å²) in [4.78, 5) is 18.8. The molecule has 0 aromatic carbocycles. The van der Waals surface area contributed by atoms with Gasteiger partial charge in [0, 0.05) is 6.20 Å². The SMILES string of the molecule is Cc1nccc(NC(C)(C)C(=O)O)n1. The van der Waals surface area contributed by atoms with Crippen LogP contribution in [0.1, 0.15) is 19.7 Å².